The highest BCUT2D eigenvalue weighted by molar-refractivity contribution is 7.12. The minimum Gasteiger partial charge on any atom is -0.431 e. The number of amides is 2. The number of hydrogen-bond donors (Lipinski definition) is 3. The fourth-order valence-electron chi connectivity index (χ4n) is 2.74. The van der Waals surface area contributed by atoms with E-state index in [1.165, 1.54) is 17.6 Å². The van der Waals surface area contributed by atoms with Crippen LogP contribution >= 0.6 is 11.3 Å². The topological polar surface area (TPSA) is 100 Å². The Morgan fingerprint density at radius 3 is 2.89 bits per heavy atom. The molecule has 0 fully saturated rings. The largest absolute Gasteiger partial charge is 0.431 e. The molecule has 0 atom stereocenters. The number of oxazole rings is 1. The second kappa shape index (κ2) is 7.46. The van der Waals surface area contributed by atoms with E-state index < -0.39 is 0 Å². The maximum Gasteiger partial charge on any atom is 0.302 e. The van der Waals surface area contributed by atoms with Crippen molar-refractivity contribution in [2.75, 3.05) is 11.9 Å². The molecule has 3 N–H and O–H groups in total. The molecule has 4 rings (SSSR count). The Morgan fingerprint density at radius 2 is 2.04 bits per heavy atom. The van der Waals surface area contributed by atoms with Gasteiger partial charge in [0.25, 0.3) is 11.8 Å². The molecule has 136 valence electrons. The molecule has 3 aromatic heterocycles. The monoisotopic (exact) mass is 380 g/mol. The molecule has 0 saturated heterocycles. The smallest absolute Gasteiger partial charge is 0.302 e. The number of para-hydroxylation sites is 1. The number of H-pyrrole nitrogens is 1. The molecule has 2 amide bonds. The summed E-state index contributed by atoms with van der Waals surface area (Å²) in [5.74, 6) is -0.673. The first-order valence-corrected chi connectivity index (χ1v) is 9.22. The van der Waals surface area contributed by atoms with Crippen LogP contribution in [0.3, 0.4) is 0 Å². The average Bonchev–Trinajstić information content (AvgIpc) is 3.43. The van der Waals surface area contributed by atoms with Crippen LogP contribution in [0.15, 0.2) is 58.7 Å². The zero-order valence-corrected chi connectivity index (χ0v) is 15.0. The molecule has 8 heteroatoms. The van der Waals surface area contributed by atoms with E-state index in [2.05, 4.69) is 20.6 Å². The van der Waals surface area contributed by atoms with Crippen LogP contribution in [0.2, 0.25) is 0 Å². The number of rotatable bonds is 6. The summed E-state index contributed by atoms with van der Waals surface area (Å²) in [7, 11) is 0. The number of benzene rings is 1. The summed E-state index contributed by atoms with van der Waals surface area (Å²) >= 11 is 1.31. The summed E-state index contributed by atoms with van der Waals surface area (Å²) in [5.41, 5.74) is 2.33. The number of fused-ring (bicyclic) bond motifs is 1. The van der Waals surface area contributed by atoms with E-state index in [0.717, 1.165) is 16.5 Å². The zero-order chi connectivity index (χ0) is 18.6. The number of carbonyl (C=O) groups is 2. The Hall–Kier alpha value is -3.39. The quantitative estimate of drug-likeness (QED) is 0.477. The van der Waals surface area contributed by atoms with Crippen molar-refractivity contribution in [3.63, 3.8) is 0 Å². The summed E-state index contributed by atoms with van der Waals surface area (Å²) in [6.07, 6.45) is 3.87. The number of nitrogens with one attached hydrogen (secondary N) is 3. The summed E-state index contributed by atoms with van der Waals surface area (Å²) < 4.78 is 5.16. The highest BCUT2D eigenvalue weighted by Gasteiger charge is 2.15. The first-order chi connectivity index (χ1) is 13.2. The van der Waals surface area contributed by atoms with E-state index in [9.17, 15) is 9.59 Å². The SMILES string of the molecule is O=C(NCCc1c[nH]c2ccccc12)c1coc(NC(=O)c2cccs2)n1. The summed E-state index contributed by atoms with van der Waals surface area (Å²) in [6.45, 7) is 0.463. The maximum atomic E-state index is 12.2. The Balaban J connectivity index is 1.32. The molecule has 7 nitrogen and oxygen atoms in total. The van der Waals surface area contributed by atoms with Crippen molar-refractivity contribution < 1.29 is 14.0 Å². The van der Waals surface area contributed by atoms with Crippen LogP contribution in [-0.2, 0) is 6.42 Å². The van der Waals surface area contributed by atoms with Crippen LogP contribution in [0.1, 0.15) is 25.7 Å². The Morgan fingerprint density at radius 1 is 1.15 bits per heavy atom. The van der Waals surface area contributed by atoms with E-state index in [1.807, 2.05) is 30.5 Å². The van der Waals surface area contributed by atoms with Crippen LogP contribution in [0.5, 0.6) is 0 Å². The highest BCUT2D eigenvalue weighted by atomic mass is 32.1. The lowest BCUT2D eigenvalue weighted by Gasteiger charge is -2.02. The van der Waals surface area contributed by atoms with E-state index in [0.29, 0.717) is 17.8 Å². The lowest BCUT2D eigenvalue weighted by Crippen LogP contribution is -2.26. The van der Waals surface area contributed by atoms with Crippen LogP contribution < -0.4 is 10.6 Å². The van der Waals surface area contributed by atoms with Crippen LogP contribution in [0.25, 0.3) is 10.9 Å². The van der Waals surface area contributed by atoms with Crippen molar-refractivity contribution in [1.29, 1.82) is 0 Å². The van der Waals surface area contributed by atoms with Gasteiger partial charge in [0.1, 0.15) is 6.26 Å². The third kappa shape index (κ3) is 3.75. The van der Waals surface area contributed by atoms with Gasteiger partial charge >= 0.3 is 6.01 Å². The molecule has 0 unspecified atom stereocenters. The maximum absolute atomic E-state index is 12.2. The first-order valence-electron chi connectivity index (χ1n) is 8.34. The fraction of sp³-hybridized carbons (Fsp3) is 0.105. The van der Waals surface area contributed by atoms with Crippen molar-refractivity contribution in [3.8, 4) is 0 Å². The Bertz CT molecular complexity index is 1080. The average molecular weight is 380 g/mol. The molecule has 1 aromatic carbocycles. The van der Waals surface area contributed by atoms with Crippen LogP contribution in [-0.4, -0.2) is 28.3 Å². The Kier molecular flexibility index (Phi) is 4.71. The predicted octanol–water partition coefficient (Wildman–Crippen LogP) is 3.44. The van der Waals surface area contributed by atoms with Gasteiger partial charge in [-0.2, -0.15) is 4.98 Å². The standard InChI is InChI=1S/C19H16N4O3S/c24-17(20-8-7-12-10-21-14-5-2-1-4-13(12)14)15-11-26-19(22-15)23-18(25)16-6-3-9-27-16/h1-6,9-11,21H,7-8H2,(H,20,24)(H,22,23,25). The molecular weight excluding hydrogens is 364 g/mol. The molecule has 0 aliphatic rings. The Labute approximate surface area is 158 Å². The van der Waals surface area contributed by atoms with E-state index >= 15 is 0 Å². The summed E-state index contributed by atoms with van der Waals surface area (Å²) in [4.78, 5) is 31.9. The van der Waals surface area contributed by atoms with Gasteiger partial charge in [-0.05, 0) is 29.5 Å². The second-order valence-electron chi connectivity index (χ2n) is 5.83. The number of thiophene rings is 1. The van der Waals surface area contributed by atoms with E-state index in [-0.39, 0.29) is 23.5 Å². The molecule has 0 radical (unpaired) electrons. The van der Waals surface area contributed by atoms with E-state index in [1.54, 1.807) is 17.5 Å². The van der Waals surface area contributed by atoms with Crippen molar-refractivity contribution in [1.82, 2.24) is 15.3 Å². The molecule has 4 aromatic rings. The number of hydrogen-bond acceptors (Lipinski definition) is 5. The van der Waals surface area contributed by atoms with Gasteiger partial charge in [-0.3, -0.25) is 14.9 Å². The van der Waals surface area contributed by atoms with Gasteiger partial charge in [-0.25, -0.2) is 0 Å². The number of aromatic nitrogens is 2. The van der Waals surface area contributed by atoms with Gasteiger partial charge in [0, 0.05) is 23.6 Å². The predicted molar refractivity (Wildman–Crippen MR) is 103 cm³/mol. The minimum absolute atomic E-state index is 0.00446. The fourth-order valence-corrected chi connectivity index (χ4v) is 3.36. The molecule has 3 heterocycles. The number of aromatic amines is 1. The lowest BCUT2D eigenvalue weighted by molar-refractivity contribution is 0.0948. The van der Waals surface area contributed by atoms with Gasteiger partial charge in [0.15, 0.2) is 5.69 Å². The van der Waals surface area contributed by atoms with Crippen molar-refractivity contribution in [3.05, 3.63) is 70.4 Å². The normalized spacial score (nSPS) is 10.8. The first kappa shape index (κ1) is 17.0. The third-order valence-electron chi connectivity index (χ3n) is 4.06. The van der Waals surface area contributed by atoms with Crippen molar-refractivity contribution in [2.24, 2.45) is 0 Å². The number of nitrogens with zero attached hydrogens (tertiary/aromatic N) is 1. The second-order valence-corrected chi connectivity index (χ2v) is 6.78. The molecule has 0 bridgehead atoms. The van der Waals surface area contributed by atoms with Gasteiger partial charge < -0.3 is 14.7 Å². The van der Waals surface area contributed by atoms with Gasteiger partial charge in [0.2, 0.25) is 0 Å². The minimum atomic E-state index is -0.352. The van der Waals surface area contributed by atoms with Crippen molar-refractivity contribution >= 4 is 40.1 Å². The molecule has 0 aliphatic carbocycles. The van der Waals surface area contributed by atoms with Gasteiger partial charge in [0.05, 0.1) is 4.88 Å². The van der Waals surface area contributed by atoms with Crippen molar-refractivity contribution in [2.45, 2.75) is 6.42 Å². The van der Waals surface area contributed by atoms with Gasteiger partial charge in [-0.15, -0.1) is 11.3 Å². The highest BCUT2D eigenvalue weighted by Crippen LogP contribution is 2.18. The zero-order valence-electron chi connectivity index (χ0n) is 14.2. The molecular formula is C19H16N4O3S. The van der Waals surface area contributed by atoms with Crippen LogP contribution in [0, 0.1) is 0 Å². The number of carbonyl (C=O) groups excluding carboxylic acids is 2. The molecule has 27 heavy (non-hydrogen) atoms. The molecule has 0 aliphatic heterocycles. The summed E-state index contributed by atoms with van der Waals surface area (Å²) in [5, 5.41) is 8.29. The summed E-state index contributed by atoms with van der Waals surface area (Å²) in [6, 6.07) is 11.5. The molecule has 0 spiro atoms. The number of anilines is 1. The van der Waals surface area contributed by atoms with Gasteiger partial charge in [-0.1, -0.05) is 24.3 Å². The van der Waals surface area contributed by atoms with E-state index in [4.69, 9.17) is 4.42 Å². The lowest BCUT2D eigenvalue weighted by atomic mass is 10.1. The molecule has 0 saturated carbocycles. The third-order valence-corrected chi connectivity index (χ3v) is 4.93. The van der Waals surface area contributed by atoms with Crippen LogP contribution in [0.4, 0.5) is 6.01 Å².